The van der Waals surface area contributed by atoms with Gasteiger partial charge in [0.25, 0.3) is 0 Å². The number of benzene rings is 2. The minimum Gasteiger partial charge on any atom is -0.497 e. The van der Waals surface area contributed by atoms with Crippen LogP contribution in [0.15, 0.2) is 48.5 Å². The van der Waals surface area contributed by atoms with Gasteiger partial charge in [-0.25, -0.2) is 0 Å². The first-order chi connectivity index (χ1) is 9.95. The summed E-state index contributed by atoms with van der Waals surface area (Å²) in [4.78, 5) is 11.3. The molecule has 0 aliphatic heterocycles. The molecule has 2 aromatic carbocycles. The molecular weight excluding hydrogens is 281 g/mol. The van der Waals surface area contributed by atoms with Gasteiger partial charge in [-0.05, 0) is 35.4 Å². The van der Waals surface area contributed by atoms with Gasteiger partial charge in [0.15, 0.2) is 0 Å². The first-order valence-electron chi connectivity index (χ1n) is 6.22. The predicted octanol–water partition coefficient (Wildman–Crippen LogP) is 4.04. The van der Waals surface area contributed by atoms with Gasteiger partial charge in [-0.1, -0.05) is 24.3 Å². The highest BCUT2D eigenvalue weighted by atomic mass is 19.4. The molecule has 21 heavy (non-hydrogen) atoms. The van der Waals surface area contributed by atoms with E-state index in [4.69, 9.17) is 4.74 Å². The van der Waals surface area contributed by atoms with Crippen molar-refractivity contribution in [1.82, 2.24) is 0 Å². The number of carbonyl (C=O) groups is 1. The predicted molar refractivity (Wildman–Crippen MR) is 72.3 cm³/mol. The normalized spacial score (nSPS) is 12.8. The number of alkyl halides is 3. The molecule has 0 aliphatic rings. The Morgan fingerprint density at radius 2 is 1.43 bits per heavy atom. The number of methoxy groups -OCH3 is 1. The minimum absolute atomic E-state index is 0.517. The summed E-state index contributed by atoms with van der Waals surface area (Å²) in [5, 5.41) is 0. The highest BCUT2D eigenvalue weighted by molar-refractivity contribution is 5.68. The fraction of sp³-hybridized carbons (Fsp3) is 0.188. The van der Waals surface area contributed by atoms with Gasteiger partial charge in [0.2, 0.25) is 0 Å². The fourth-order valence-corrected chi connectivity index (χ4v) is 2.04. The van der Waals surface area contributed by atoms with Crippen molar-refractivity contribution in [2.24, 2.45) is 0 Å². The highest BCUT2D eigenvalue weighted by Gasteiger charge is 2.30. The lowest BCUT2D eigenvalue weighted by Gasteiger charge is -2.13. The first kappa shape index (κ1) is 15.1. The Balaban J connectivity index is 2.30. The Labute approximate surface area is 120 Å². The Hall–Kier alpha value is -2.30. The quantitative estimate of drug-likeness (QED) is 0.795. The average Bonchev–Trinajstić information content (AvgIpc) is 2.48. The second-order valence-electron chi connectivity index (χ2n) is 4.51. The molecule has 2 nitrogen and oxygen atoms in total. The van der Waals surface area contributed by atoms with E-state index in [9.17, 15) is 18.0 Å². The molecule has 2 aromatic rings. The largest absolute Gasteiger partial charge is 0.497 e. The van der Waals surface area contributed by atoms with Crippen LogP contribution in [0.3, 0.4) is 0 Å². The maximum absolute atomic E-state index is 12.5. The Kier molecular flexibility index (Phi) is 4.31. The van der Waals surface area contributed by atoms with E-state index in [0.717, 1.165) is 12.1 Å². The number of hydrogen-bond acceptors (Lipinski definition) is 2. The van der Waals surface area contributed by atoms with E-state index in [0.29, 0.717) is 23.2 Å². The van der Waals surface area contributed by atoms with Crippen LogP contribution in [0.4, 0.5) is 13.2 Å². The van der Waals surface area contributed by atoms with Crippen LogP contribution in [0.2, 0.25) is 0 Å². The van der Waals surface area contributed by atoms with Crippen LogP contribution in [-0.4, -0.2) is 13.4 Å². The molecule has 1 unspecified atom stereocenters. The molecule has 0 heterocycles. The lowest BCUT2D eigenvalue weighted by Crippen LogP contribution is -2.07. The first-order valence-corrected chi connectivity index (χ1v) is 6.22. The van der Waals surface area contributed by atoms with Crippen LogP contribution in [-0.2, 0) is 11.0 Å². The molecular formula is C16H13F3O2. The number of carbonyl (C=O) groups excluding carboxylic acids is 1. The molecule has 1 atom stereocenters. The second kappa shape index (κ2) is 5.99. The van der Waals surface area contributed by atoms with E-state index < -0.39 is 17.7 Å². The van der Waals surface area contributed by atoms with Crippen molar-refractivity contribution in [3.05, 3.63) is 65.2 Å². The highest BCUT2D eigenvalue weighted by Crippen LogP contribution is 2.31. The molecule has 0 amide bonds. The van der Waals surface area contributed by atoms with Crippen LogP contribution in [0.25, 0.3) is 0 Å². The molecule has 2 rings (SSSR count). The van der Waals surface area contributed by atoms with E-state index in [2.05, 4.69) is 0 Å². The SMILES string of the molecule is COc1ccc(C(C=O)c2ccc(C(F)(F)F)cc2)cc1. The zero-order chi connectivity index (χ0) is 15.5. The Morgan fingerprint density at radius 3 is 1.81 bits per heavy atom. The summed E-state index contributed by atoms with van der Waals surface area (Å²) in [6.45, 7) is 0. The van der Waals surface area contributed by atoms with Gasteiger partial charge in [0, 0.05) is 0 Å². The van der Waals surface area contributed by atoms with Crippen molar-refractivity contribution >= 4 is 6.29 Å². The lowest BCUT2D eigenvalue weighted by atomic mass is 9.92. The summed E-state index contributed by atoms with van der Waals surface area (Å²) in [5.41, 5.74) is 0.486. The number of halogens is 3. The van der Waals surface area contributed by atoms with Crippen LogP contribution in [0.1, 0.15) is 22.6 Å². The summed E-state index contributed by atoms with van der Waals surface area (Å²) in [6.07, 6.45) is -3.67. The molecule has 0 saturated carbocycles. The van der Waals surface area contributed by atoms with Gasteiger partial charge in [0.05, 0.1) is 18.6 Å². The van der Waals surface area contributed by atoms with Crippen LogP contribution in [0.5, 0.6) is 5.75 Å². The van der Waals surface area contributed by atoms with E-state index in [1.807, 2.05) is 0 Å². The second-order valence-corrected chi connectivity index (χ2v) is 4.51. The molecule has 0 N–H and O–H groups in total. The van der Waals surface area contributed by atoms with E-state index in [1.165, 1.54) is 19.2 Å². The lowest BCUT2D eigenvalue weighted by molar-refractivity contribution is -0.137. The topological polar surface area (TPSA) is 26.3 Å². The van der Waals surface area contributed by atoms with Crippen molar-refractivity contribution in [2.75, 3.05) is 7.11 Å². The third kappa shape index (κ3) is 3.42. The van der Waals surface area contributed by atoms with Crippen molar-refractivity contribution in [2.45, 2.75) is 12.1 Å². The summed E-state index contributed by atoms with van der Waals surface area (Å²) in [5.74, 6) is 0.0500. The van der Waals surface area contributed by atoms with Gasteiger partial charge in [0.1, 0.15) is 12.0 Å². The summed E-state index contributed by atoms with van der Waals surface area (Å²) in [6, 6.07) is 11.5. The number of aldehydes is 1. The summed E-state index contributed by atoms with van der Waals surface area (Å²) < 4.78 is 42.6. The molecule has 0 bridgehead atoms. The van der Waals surface area contributed by atoms with Gasteiger partial charge in [-0.3, -0.25) is 0 Å². The van der Waals surface area contributed by atoms with E-state index >= 15 is 0 Å². The van der Waals surface area contributed by atoms with E-state index in [-0.39, 0.29) is 0 Å². The zero-order valence-electron chi connectivity index (χ0n) is 11.2. The smallest absolute Gasteiger partial charge is 0.416 e. The van der Waals surface area contributed by atoms with Gasteiger partial charge in [-0.2, -0.15) is 13.2 Å². The Morgan fingerprint density at radius 1 is 0.952 bits per heavy atom. The molecule has 0 radical (unpaired) electrons. The molecule has 0 aliphatic carbocycles. The standard InChI is InChI=1S/C16H13F3O2/c1-21-14-8-4-12(5-9-14)15(10-20)11-2-6-13(7-3-11)16(17,18)19/h2-10,15H,1H3. The molecule has 0 saturated heterocycles. The number of hydrogen-bond donors (Lipinski definition) is 0. The summed E-state index contributed by atoms with van der Waals surface area (Å²) >= 11 is 0. The van der Waals surface area contributed by atoms with Crippen LogP contribution >= 0.6 is 0 Å². The third-order valence-corrected chi connectivity index (χ3v) is 3.21. The molecule has 0 fully saturated rings. The zero-order valence-corrected chi connectivity index (χ0v) is 11.2. The molecule has 110 valence electrons. The maximum atomic E-state index is 12.5. The van der Waals surface area contributed by atoms with Crippen molar-refractivity contribution in [3.8, 4) is 5.75 Å². The van der Waals surface area contributed by atoms with Crippen LogP contribution in [0, 0.1) is 0 Å². The summed E-state index contributed by atoms with van der Waals surface area (Å²) in [7, 11) is 1.53. The monoisotopic (exact) mass is 294 g/mol. The van der Waals surface area contributed by atoms with Gasteiger partial charge >= 0.3 is 6.18 Å². The third-order valence-electron chi connectivity index (χ3n) is 3.21. The van der Waals surface area contributed by atoms with Crippen LogP contribution < -0.4 is 4.74 Å². The average molecular weight is 294 g/mol. The van der Waals surface area contributed by atoms with E-state index in [1.54, 1.807) is 24.3 Å². The van der Waals surface area contributed by atoms with Gasteiger partial charge < -0.3 is 9.53 Å². The Bertz CT molecular complexity index is 601. The fourth-order valence-electron chi connectivity index (χ4n) is 2.04. The van der Waals surface area contributed by atoms with Crippen molar-refractivity contribution in [3.63, 3.8) is 0 Å². The van der Waals surface area contributed by atoms with Crippen molar-refractivity contribution < 1.29 is 22.7 Å². The number of rotatable bonds is 4. The molecule has 5 heteroatoms. The van der Waals surface area contributed by atoms with Gasteiger partial charge in [-0.15, -0.1) is 0 Å². The number of ether oxygens (including phenoxy) is 1. The molecule has 0 aromatic heterocycles. The molecule has 0 spiro atoms. The minimum atomic E-state index is -4.38. The maximum Gasteiger partial charge on any atom is 0.416 e. The van der Waals surface area contributed by atoms with Crippen molar-refractivity contribution in [1.29, 1.82) is 0 Å².